The SMILES string of the molecule is O=C1CCC/C1=C/Nc1ccc(Cl)c([N+](=O)[O-])c1. The molecule has 1 aliphatic rings. The van der Waals surface area contributed by atoms with Gasteiger partial charge < -0.3 is 5.32 Å². The highest BCUT2D eigenvalue weighted by Gasteiger charge is 2.17. The van der Waals surface area contributed by atoms with E-state index in [1.54, 1.807) is 12.3 Å². The van der Waals surface area contributed by atoms with Gasteiger partial charge in [0.1, 0.15) is 5.02 Å². The molecule has 1 fully saturated rings. The van der Waals surface area contributed by atoms with Gasteiger partial charge in [0.15, 0.2) is 5.78 Å². The number of hydrogen-bond acceptors (Lipinski definition) is 4. The molecule has 1 aliphatic carbocycles. The molecule has 5 nitrogen and oxygen atoms in total. The molecule has 0 radical (unpaired) electrons. The second-order valence-corrected chi connectivity index (χ2v) is 4.42. The van der Waals surface area contributed by atoms with E-state index in [4.69, 9.17) is 11.6 Å². The van der Waals surface area contributed by atoms with Crippen molar-refractivity contribution >= 4 is 28.8 Å². The predicted molar refractivity (Wildman–Crippen MR) is 68.7 cm³/mol. The quantitative estimate of drug-likeness (QED) is 0.518. The minimum Gasteiger partial charge on any atom is -0.361 e. The summed E-state index contributed by atoms with van der Waals surface area (Å²) >= 11 is 5.70. The summed E-state index contributed by atoms with van der Waals surface area (Å²) < 4.78 is 0. The zero-order chi connectivity index (χ0) is 13.1. The molecule has 0 saturated heterocycles. The predicted octanol–water partition coefficient (Wildman–Crippen LogP) is 3.30. The number of ketones is 1. The van der Waals surface area contributed by atoms with E-state index in [-0.39, 0.29) is 16.5 Å². The number of rotatable bonds is 3. The molecule has 1 aromatic rings. The van der Waals surface area contributed by atoms with E-state index in [1.807, 2.05) is 0 Å². The lowest BCUT2D eigenvalue weighted by molar-refractivity contribution is -0.384. The molecule has 0 aromatic heterocycles. The van der Waals surface area contributed by atoms with Crippen LogP contribution in [0, 0.1) is 10.1 Å². The number of anilines is 1. The number of carbonyl (C=O) groups excluding carboxylic acids is 1. The summed E-state index contributed by atoms with van der Waals surface area (Å²) in [5.74, 6) is 0.131. The van der Waals surface area contributed by atoms with Gasteiger partial charge in [0.05, 0.1) is 4.92 Å². The Balaban J connectivity index is 2.17. The molecule has 0 amide bonds. The van der Waals surface area contributed by atoms with Crippen molar-refractivity contribution in [2.75, 3.05) is 5.32 Å². The first-order valence-electron chi connectivity index (χ1n) is 5.50. The van der Waals surface area contributed by atoms with Crippen LogP contribution < -0.4 is 5.32 Å². The maximum atomic E-state index is 11.4. The van der Waals surface area contributed by atoms with Crippen molar-refractivity contribution in [2.45, 2.75) is 19.3 Å². The molecule has 94 valence electrons. The van der Waals surface area contributed by atoms with E-state index in [1.165, 1.54) is 12.1 Å². The van der Waals surface area contributed by atoms with Gasteiger partial charge >= 0.3 is 0 Å². The summed E-state index contributed by atoms with van der Waals surface area (Å²) in [4.78, 5) is 21.6. The number of carbonyl (C=O) groups is 1. The molecule has 0 spiro atoms. The van der Waals surface area contributed by atoms with Gasteiger partial charge in [-0.1, -0.05) is 11.6 Å². The lowest BCUT2D eigenvalue weighted by Crippen LogP contribution is -1.97. The van der Waals surface area contributed by atoms with Gasteiger partial charge in [0, 0.05) is 29.9 Å². The fourth-order valence-corrected chi connectivity index (χ4v) is 1.99. The molecule has 1 saturated carbocycles. The van der Waals surface area contributed by atoms with Crippen LogP contribution in [0.3, 0.4) is 0 Å². The topological polar surface area (TPSA) is 72.2 Å². The van der Waals surface area contributed by atoms with Crippen LogP contribution in [0.5, 0.6) is 0 Å². The number of halogens is 1. The average molecular weight is 267 g/mol. The fourth-order valence-electron chi connectivity index (χ4n) is 1.80. The van der Waals surface area contributed by atoms with Crippen molar-refractivity contribution in [3.05, 3.63) is 45.1 Å². The smallest absolute Gasteiger partial charge is 0.289 e. The Kier molecular flexibility index (Phi) is 3.62. The first kappa shape index (κ1) is 12.6. The molecule has 0 aliphatic heterocycles. The molecular formula is C12H11ClN2O3. The maximum absolute atomic E-state index is 11.4. The van der Waals surface area contributed by atoms with Gasteiger partial charge in [-0.15, -0.1) is 0 Å². The molecule has 0 unspecified atom stereocenters. The fraction of sp³-hybridized carbons (Fsp3) is 0.250. The summed E-state index contributed by atoms with van der Waals surface area (Å²) in [5.41, 5.74) is 1.11. The third-order valence-electron chi connectivity index (χ3n) is 2.76. The summed E-state index contributed by atoms with van der Waals surface area (Å²) in [7, 11) is 0. The van der Waals surface area contributed by atoms with E-state index < -0.39 is 4.92 Å². The minimum absolute atomic E-state index is 0.0927. The van der Waals surface area contributed by atoms with Crippen molar-refractivity contribution in [2.24, 2.45) is 0 Å². The highest BCUT2D eigenvalue weighted by atomic mass is 35.5. The van der Waals surface area contributed by atoms with E-state index in [9.17, 15) is 14.9 Å². The van der Waals surface area contributed by atoms with E-state index in [2.05, 4.69) is 5.32 Å². The Morgan fingerprint density at radius 1 is 1.39 bits per heavy atom. The third kappa shape index (κ3) is 2.68. The summed E-state index contributed by atoms with van der Waals surface area (Å²) in [6, 6.07) is 4.43. The van der Waals surface area contributed by atoms with Gasteiger partial charge in [-0.3, -0.25) is 14.9 Å². The van der Waals surface area contributed by atoms with Gasteiger partial charge in [-0.25, -0.2) is 0 Å². The van der Waals surface area contributed by atoms with Crippen molar-refractivity contribution in [1.29, 1.82) is 0 Å². The molecule has 0 heterocycles. The average Bonchev–Trinajstić information content (AvgIpc) is 2.73. The van der Waals surface area contributed by atoms with E-state index in [0.717, 1.165) is 18.4 Å². The number of nitro groups is 1. The molecule has 1 aromatic carbocycles. The normalized spacial score (nSPS) is 17.2. The standard InChI is InChI=1S/C12H11ClN2O3/c13-10-5-4-9(6-11(10)15(17)18)14-7-8-2-1-3-12(8)16/h4-7,14H,1-3H2/b8-7-. The summed E-state index contributed by atoms with van der Waals surface area (Å²) in [6.07, 6.45) is 3.81. The second-order valence-electron chi connectivity index (χ2n) is 4.01. The largest absolute Gasteiger partial charge is 0.361 e. The van der Waals surface area contributed by atoms with Crippen LogP contribution in [-0.2, 0) is 4.79 Å². The van der Waals surface area contributed by atoms with Crippen LogP contribution in [-0.4, -0.2) is 10.7 Å². The number of allylic oxidation sites excluding steroid dienone is 1. The Labute approximate surface area is 109 Å². The number of benzene rings is 1. The molecular weight excluding hydrogens is 256 g/mol. The lowest BCUT2D eigenvalue weighted by atomic mass is 10.2. The van der Waals surface area contributed by atoms with Crippen molar-refractivity contribution in [3.8, 4) is 0 Å². The van der Waals surface area contributed by atoms with Crippen molar-refractivity contribution in [1.82, 2.24) is 0 Å². The van der Waals surface area contributed by atoms with Crippen LogP contribution in [0.1, 0.15) is 19.3 Å². The first-order chi connectivity index (χ1) is 8.58. The molecule has 6 heteroatoms. The Hall–Kier alpha value is -1.88. The van der Waals surface area contributed by atoms with Crippen molar-refractivity contribution < 1.29 is 9.72 Å². The Morgan fingerprint density at radius 3 is 2.78 bits per heavy atom. The summed E-state index contributed by atoms with van der Waals surface area (Å²) in [6.45, 7) is 0. The van der Waals surface area contributed by atoms with Gasteiger partial charge in [0.25, 0.3) is 5.69 Å². The zero-order valence-corrected chi connectivity index (χ0v) is 10.2. The zero-order valence-electron chi connectivity index (χ0n) is 9.48. The first-order valence-corrected chi connectivity index (χ1v) is 5.88. The van der Waals surface area contributed by atoms with Gasteiger partial charge in [-0.05, 0) is 25.0 Å². The molecule has 18 heavy (non-hydrogen) atoms. The van der Waals surface area contributed by atoms with Crippen LogP contribution >= 0.6 is 11.6 Å². The van der Waals surface area contributed by atoms with E-state index >= 15 is 0 Å². The monoisotopic (exact) mass is 266 g/mol. The molecule has 0 bridgehead atoms. The number of nitrogens with one attached hydrogen (secondary N) is 1. The van der Waals surface area contributed by atoms with Gasteiger partial charge in [-0.2, -0.15) is 0 Å². The number of Topliss-reactive ketones (excluding diaryl/α,β-unsaturated/α-hetero) is 1. The van der Waals surface area contributed by atoms with Gasteiger partial charge in [0.2, 0.25) is 0 Å². The Bertz CT molecular complexity index is 540. The van der Waals surface area contributed by atoms with Crippen LogP contribution in [0.2, 0.25) is 5.02 Å². The highest BCUT2D eigenvalue weighted by molar-refractivity contribution is 6.32. The third-order valence-corrected chi connectivity index (χ3v) is 3.08. The van der Waals surface area contributed by atoms with Crippen LogP contribution in [0.4, 0.5) is 11.4 Å². The second kappa shape index (κ2) is 5.18. The van der Waals surface area contributed by atoms with Crippen molar-refractivity contribution in [3.63, 3.8) is 0 Å². The highest BCUT2D eigenvalue weighted by Crippen LogP contribution is 2.28. The maximum Gasteiger partial charge on any atom is 0.289 e. The number of nitro benzene ring substituents is 1. The molecule has 1 N–H and O–H groups in total. The Morgan fingerprint density at radius 2 is 2.17 bits per heavy atom. The summed E-state index contributed by atoms with van der Waals surface area (Å²) in [5, 5.41) is 13.7. The lowest BCUT2D eigenvalue weighted by Gasteiger charge is -2.03. The molecule has 0 atom stereocenters. The van der Waals surface area contributed by atoms with Crippen LogP contribution in [0.15, 0.2) is 30.0 Å². The molecule has 2 rings (SSSR count). The van der Waals surface area contributed by atoms with Crippen LogP contribution in [0.25, 0.3) is 0 Å². The minimum atomic E-state index is -0.540. The number of hydrogen-bond donors (Lipinski definition) is 1. The number of nitrogens with zero attached hydrogens (tertiary/aromatic N) is 1. The van der Waals surface area contributed by atoms with E-state index in [0.29, 0.717) is 12.1 Å².